The van der Waals surface area contributed by atoms with Crippen LogP contribution in [0.3, 0.4) is 0 Å². The lowest BCUT2D eigenvalue weighted by Gasteiger charge is -2.07. The van der Waals surface area contributed by atoms with Gasteiger partial charge in [0, 0.05) is 19.4 Å². The van der Waals surface area contributed by atoms with Crippen LogP contribution < -0.4 is 0 Å². The van der Waals surface area contributed by atoms with Crippen molar-refractivity contribution in [3.8, 4) is 0 Å². The summed E-state index contributed by atoms with van der Waals surface area (Å²) in [5.41, 5.74) is 0. The molecule has 0 aromatic rings. The van der Waals surface area contributed by atoms with Crippen LogP contribution in [0.1, 0.15) is 13.3 Å². The van der Waals surface area contributed by atoms with Gasteiger partial charge in [0.1, 0.15) is 6.10 Å². The number of halogens is 1. The van der Waals surface area contributed by atoms with E-state index < -0.39 is 0 Å². The zero-order valence-electron chi connectivity index (χ0n) is 7.03. The summed E-state index contributed by atoms with van der Waals surface area (Å²) in [6, 6.07) is 0.462. The molecule has 0 bridgehead atoms. The second-order valence-electron chi connectivity index (χ2n) is 2.91. The predicted molar refractivity (Wildman–Crippen MR) is 44.9 cm³/mol. The van der Waals surface area contributed by atoms with Crippen LogP contribution in [0.25, 0.3) is 0 Å². The van der Waals surface area contributed by atoms with Gasteiger partial charge in [-0.3, -0.25) is 4.79 Å². The van der Waals surface area contributed by atoms with E-state index in [1.54, 1.807) is 0 Å². The van der Waals surface area contributed by atoms with Crippen molar-refractivity contribution in [2.75, 3.05) is 14.1 Å². The molecule has 4 heteroatoms. The molecule has 0 saturated heterocycles. The van der Waals surface area contributed by atoms with Gasteiger partial charge in [0.05, 0.1) is 0 Å². The van der Waals surface area contributed by atoms with Gasteiger partial charge in [0.2, 0.25) is 0 Å². The number of likely N-dealkylation sites (N-methyl/N-ethyl adjacent to an activating group) is 1. The van der Waals surface area contributed by atoms with Gasteiger partial charge in [-0.1, -0.05) is 0 Å². The van der Waals surface area contributed by atoms with Crippen molar-refractivity contribution >= 4 is 18.4 Å². The van der Waals surface area contributed by atoms with Gasteiger partial charge in [-0.15, -0.1) is 12.4 Å². The Kier molecular flexibility index (Phi) is 3.83. The van der Waals surface area contributed by atoms with Crippen molar-refractivity contribution in [2.24, 2.45) is 0 Å². The molecular weight excluding hydrogens is 166 g/mol. The normalized spacial score (nSPS) is 27.6. The molecule has 1 aliphatic carbocycles. The number of nitrogens with zero attached hydrogens (tertiary/aromatic N) is 1. The van der Waals surface area contributed by atoms with Gasteiger partial charge in [-0.25, -0.2) is 0 Å². The summed E-state index contributed by atoms with van der Waals surface area (Å²) in [5, 5.41) is 0. The third kappa shape index (κ3) is 3.08. The Bertz CT molecular complexity index is 149. The number of rotatable bonds is 2. The second-order valence-corrected chi connectivity index (χ2v) is 2.91. The molecule has 1 fully saturated rings. The van der Waals surface area contributed by atoms with E-state index in [2.05, 4.69) is 4.90 Å². The van der Waals surface area contributed by atoms with Crippen LogP contribution in [-0.4, -0.2) is 37.1 Å². The number of hydrogen-bond donors (Lipinski definition) is 0. The van der Waals surface area contributed by atoms with Crippen LogP contribution in [0.2, 0.25) is 0 Å². The molecule has 0 amide bonds. The van der Waals surface area contributed by atoms with E-state index in [4.69, 9.17) is 4.74 Å². The summed E-state index contributed by atoms with van der Waals surface area (Å²) in [6.45, 7) is 1.45. The van der Waals surface area contributed by atoms with Crippen molar-refractivity contribution in [3.63, 3.8) is 0 Å². The zero-order valence-corrected chi connectivity index (χ0v) is 7.85. The fraction of sp³-hybridized carbons (Fsp3) is 0.857. The Morgan fingerprint density at radius 3 is 2.36 bits per heavy atom. The van der Waals surface area contributed by atoms with Crippen molar-refractivity contribution < 1.29 is 9.53 Å². The van der Waals surface area contributed by atoms with Crippen molar-refractivity contribution in [1.29, 1.82) is 0 Å². The van der Waals surface area contributed by atoms with Gasteiger partial charge < -0.3 is 9.64 Å². The SMILES string of the molecule is CC(=O)O[C@@H]1C[C@@H]1N(C)C.Cl. The molecule has 0 N–H and O–H groups in total. The minimum absolute atomic E-state index is 0. The van der Waals surface area contributed by atoms with Crippen LogP contribution >= 0.6 is 12.4 Å². The minimum Gasteiger partial charge on any atom is -0.461 e. The molecule has 1 aliphatic rings. The van der Waals surface area contributed by atoms with Crippen LogP contribution in [0.5, 0.6) is 0 Å². The number of carbonyl (C=O) groups excluding carboxylic acids is 1. The van der Waals surface area contributed by atoms with E-state index >= 15 is 0 Å². The van der Waals surface area contributed by atoms with E-state index in [1.165, 1.54) is 6.92 Å². The second kappa shape index (κ2) is 3.93. The highest BCUT2D eigenvalue weighted by molar-refractivity contribution is 5.85. The monoisotopic (exact) mass is 179 g/mol. The molecular formula is C7H14ClNO2. The average Bonchev–Trinajstić information content (AvgIpc) is 2.43. The molecule has 0 aliphatic heterocycles. The lowest BCUT2D eigenvalue weighted by atomic mass is 10.6. The fourth-order valence-corrected chi connectivity index (χ4v) is 1.04. The molecule has 1 saturated carbocycles. The molecule has 0 aromatic carbocycles. The Hall–Kier alpha value is -0.280. The van der Waals surface area contributed by atoms with E-state index in [1.807, 2.05) is 14.1 Å². The van der Waals surface area contributed by atoms with E-state index in [0.29, 0.717) is 6.04 Å². The molecule has 0 radical (unpaired) electrons. The molecule has 0 aromatic heterocycles. The summed E-state index contributed by atoms with van der Waals surface area (Å²) < 4.78 is 4.95. The Labute approximate surface area is 73.1 Å². The molecule has 66 valence electrons. The standard InChI is InChI=1S/C7H13NO2.ClH/c1-5(9)10-7-4-6(7)8(2)3;/h6-7H,4H2,1-3H3;1H/t6-,7+;/m0./s1. The van der Waals surface area contributed by atoms with E-state index in [-0.39, 0.29) is 24.5 Å². The van der Waals surface area contributed by atoms with Crippen LogP contribution in [-0.2, 0) is 9.53 Å². The van der Waals surface area contributed by atoms with Crippen LogP contribution in [0.15, 0.2) is 0 Å². The summed E-state index contributed by atoms with van der Waals surface area (Å²) in [7, 11) is 3.99. The van der Waals surface area contributed by atoms with Crippen molar-refractivity contribution in [2.45, 2.75) is 25.5 Å². The lowest BCUT2D eigenvalue weighted by Crippen LogP contribution is -2.19. The lowest BCUT2D eigenvalue weighted by molar-refractivity contribution is -0.142. The molecule has 0 heterocycles. The maximum absolute atomic E-state index is 10.4. The fourth-order valence-electron chi connectivity index (χ4n) is 1.04. The largest absolute Gasteiger partial charge is 0.461 e. The average molecular weight is 180 g/mol. The van der Waals surface area contributed by atoms with E-state index in [0.717, 1.165) is 6.42 Å². The molecule has 0 spiro atoms. The maximum atomic E-state index is 10.4. The Morgan fingerprint density at radius 1 is 1.55 bits per heavy atom. The van der Waals surface area contributed by atoms with Crippen LogP contribution in [0.4, 0.5) is 0 Å². The summed E-state index contributed by atoms with van der Waals surface area (Å²) in [6.07, 6.45) is 1.15. The van der Waals surface area contributed by atoms with Gasteiger partial charge in [-0.05, 0) is 14.1 Å². The predicted octanol–water partition coefficient (Wildman–Crippen LogP) is 0.674. The zero-order chi connectivity index (χ0) is 7.72. The first-order valence-corrected chi connectivity index (χ1v) is 3.45. The van der Waals surface area contributed by atoms with Gasteiger partial charge in [0.25, 0.3) is 0 Å². The number of ether oxygens (including phenoxy) is 1. The smallest absolute Gasteiger partial charge is 0.302 e. The molecule has 1 rings (SSSR count). The molecule has 0 unspecified atom stereocenters. The number of hydrogen-bond acceptors (Lipinski definition) is 3. The first kappa shape index (κ1) is 10.7. The minimum atomic E-state index is -0.172. The molecule has 11 heavy (non-hydrogen) atoms. The van der Waals surface area contributed by atoms with E-state index in [9.17, 15) is 4.79 Å². The Balaban J connectivity index is 0.000001000. The van der Waals surface area contributed by atoms with Crippen LogP contribution in [0, 0.1) is 0 Å². The van der Waals surface area contributed by atoms with Gasteiger partial charge in [0.15, 0.2) is 0 Å². The third-order valence-electron chi connectivity index (χ3n) is 1.68. The highest BCUT2D eigenvalue weighted by atomic mass is 35.5. The third-order valence-corrected chi connectivity index (χ3v) is 1.68. The molecule has 3 nitrogen and oxygen atoms in total. The van der Waals surface area contributed by atoms with Crippen molar-refractivity contribution in [3.05, 3.63) is 0 Å². The number of esters is 1. The quantitative estimate of drug-likeness (QED) is 0.584. The summed E-state index contributed by atoms with van der Waals surface area (Å²) >= 11 is 0. The summed E-state index contributed by atoms with van der Waals surface area (Å²) in [4.78, 5) is 12.5. The van der Waals surface area contributed by atoms with Crippen molar-refractivity contribution in [1.82, 2.24) is 4.90 Å². The number of carbonyl (C=O) groups is 1. The first-order chi connectivity index (χ1) is 4.61. The molecule has 2 atom stereocenters. The van der Waals surface area contributed by atoms with Gasteiger partial charge in [-0.2, -0.15) is 0 Å². The Morgan fingerprint density at radius 2 is 2.09 bits per heavy atom. The maximum Gasteiger partial charge on any atom is 0.302 e. The first-order valence-electron chi connectivity index (χ1n) is 3.45. The highest BCUT2D eigenvalue weighted by Gasteiger charge is 2.41. The highest BCUT2D eigenvalue weighted by Crippen LogP contribution is 2.29. The topological polar surface area (TPSA) is 29.5 Å². The summed E-state index contributed by atoms with van der Waals surface area (Å²) in [5.74, 6) is -0.172. The van der Waals surface area contributed by atoms with Gasteiger partial charge >= 0.3 is 5.97 Å².